The highest BCUT2D eigenvalue weighted by molar-refractivity contribution is 5.97. The van der Waals surface area contributed by atoms with E-state index >= 15 is 0 Å². The standard InChI is InChI=1S/C11H11N3O2/c1-16-11(15)10-5-8(13)7-4-6(12)2-3-9(7)14-10/h2-5H,12H2,1H3,(H2,13,14). The lowest BCUT2D eigenvalue weighted by Crippen LogP contribution is -2.05. The summed E-state index contributed by atoms with van der Waals surface area (Å²) in [5, 5.41) is 0.729. The first-order chi connectivity index (χ1) is 7.61. The van der Waals surface area contributed by atoms with Gasteiger partial charge >= 0.3 is 5.97 Å². The molecule has 0 saturated carbocycles. The fourth-order valence-corrected chi connectivity index (χ4v) is 1.48. The predicted octanol–water partition coefficient (Wildman–Crippen LogP) is 1.19. The van der Waals surface area contributed by atoms with Crippen molar-refractivity contribution in [1.29, 1.82) is 0 Å². The topological polar surface area (TPSA) is 91.2 Å². The maximum atomic E-state index is 11.3. The van der Waals surface area contributed by atoms with Crippen molar-refractivity contribution in [3.63, 3.8) is 0 Å². The molecule has 0 fully saturated rings. The average molecular weight is 217 g/mol. The van der Waals surface area contributed by atoms with Gasteiger partial charge < -0.3 is 16.2 Å². The maximum Gasteiger partial charge on any atom is 0.356 e. The Labute approximate surface area is 92.0 Å². The highest BCUT2D eigenvalue weighted by Crippen LogP contribution is 2.23. The molecule has 5 heteroatoms. The van der Waals surface area contributed by atoms with E-state index in [0.717, 1.165) is 5.39 Å². The molecule has 2 aromatic rings. The second kappa shape index (κ2) is 3.69. The minimum Gasteiger partial charge on any atom is -0.464 e. The third-order valence-corrected chi connectivity index (χ3v) is 2.26. The lowest BCUT2D eigenvalue weighted by molar-refractivity contribution is 0.0594. The van der Waals surface area contributed by atoms with Crippen LogP contribution in [0.3, 0.4) is 0 Å². The van der Waals surface area contributed by atoms with Crippen LogP contribution in [0.25, 0.3) is 10.9 Å². The van der Waals surface area contributed by atoms with Crippen LogP contribution in [-0.2, 0) is 4.74 Å². The lowest BCUT2D eigenvalue weighted by Gasteiger charge is -2.05. The van der Waals surface area contributed by atoms with Crippen LogP contribution in [0.4, 0.5) is 11.4 Å². The van der Waals surface area contributed by atoms with Gasteiger partial charge in [0.1, 0.15) is 0 Å². The summed E-state index contributed by atoms with van der Waals surface area (Å²) in [6.45, 7) is 0. The Morgan fingerprint density at radius 1 is 1.31 bits per heavy atom. The maximum absolute atomic E-state index is 11.3. The Bertz CT molecular complexity index is 566. The van der Waals surface area contributed by atoms with E-state index in [0.29, 0.717) is 16.9 Å². The number of pyridine rings is 1. The molecule has 0 atom stereocenters. The van der Waals surface area contributed by atoms with Gasteiger partial charge in [-0.25, -0.2) is 9.78 Å². The zero-order valence-corrected chi connectivity index (χ0v) is 8.73. The summed E-state index contributed by atoms with van der Waals surface area (Å²) < 4.78 is 4.58. The number of carbonyl (C=O) groups is 1. The van der Waals surface area contributed by atoms with Crippen LogP contribution < -0.4 is 11.5 Å². The summed E-state index contributed by atoms with van der Waals surface area (Å²) in [5.41, 5.74) is 13.3. The van der Waals surface area contributed by atoms with E-state index in [-0.39, 0.29) is 5.69 Å². The fourth-order valence-electron chi connectivity index (χ4n) is 1.48. The second-order valence-corrected chi connectivity index (χ2v) is 3.36. The van der Waals surface area contributed by atoms with Crippen molar-refractivity contribution in [2.24, 2.45) is 0 Å². The van der Waals surface area contributed by atoms with Crippen LogP contribution in [0.5, 0.6) is 0 Å². The molecule has 16 heavy (non-hydrogen) atoms. The van der Waals surface area contributed by atoms with Crippen LogP contribution in [0.15, 0.2) is 24.3 Å². The van der Waals surface area contributed by atoms with E-state index in [4.69, 9.17) is 11.5 Å². The molecule has 0 saturated heterocycles. The number of esters is 1. The van der Waals surface area contributed by atoms with E-state index < -0.39 is 5.97 Å². The highest BCUT2D eigenvalue weighted by Gasteiger charge is 2.10. The molecule has 0 radical (unpaired) electrons. The van der Waals surface area contributed by atoms with E-state index in [1.165, 1.54) is 13.2 Å². The highest BCUT2D eigenvalue weighted by atomic mass is 16.5. The molecule has 0 unspecified atom stereocenters. The summed E-state index contributed by atoms with van der Waals surface area (Å²) in [6.07, 6.45) is 0. The number of aromatic nitrogens is 1. The number of nitrogens with two attached hydrogens (primary N) is 2. The molecular weight excluding hydrogens is 206 g/mol. The van der Waals surface area contributed by atoms with Crippen molar-refractivity contribution in [2.75, 3.05) is 18.6 Å². The molecule has 0 aliphatic rings. The molecule has 4 N–H and O–H groups in total. The first kappa shape index (κ1) is 10.2. The Kier molecular flexibility index (Phi) is 2.36. The van der Waals surface area contributed by atoms with Crippen molar-refractivity contribution in [3.05, 3.63) is 30.0 Å². The van der Waals surface area contributed by atoms with Crippen LogP contribution in [0.1, 0.15) is 10.5 Å². The van der Waals surface area contributed by atoms with Gasteiger partial charge in [-0.15, -0.1) is 0 Å². The van der Waals surface area contributed by atoms with E-state index in [1.54, 1.807) is 18.2 Å². The van der Waals surface area contributed by atoms with Crippen molar-refractivity contribution in [3.8, 4) is 0 Å². The van der Waals surface area contributed by atoms with Crippen LogP contribution in [0.2, 0.25) is 0 Å². The summed E-state index contributed by atoms with van der Waals surface area (Å²) in [4.78, 5) is 15.4. The first-order valence-corrected chi connectivity index (χ1v) is 4.66. The quantitative estimate of drug-likeness (QED) is 0.553. The van der Waals surface area contributed by atoms with Gasteiger partial charge in [0.2, 0.25) is 0 Å². The Balaban J connectivity index is 2.68. The summed E-state index contributed by atoms with van der Waals surface area (Å²) in [7, 11) is 1.30. The van der Waals surface area contributed by atoms with E-state index in [2.05, 4.69) is 9.72 Å². The molecule has 1 aromatic heterocycles. The summed E-state index contributed by atoms with van der Waals surface area (Å²) in [6, 6.07) is 6.62. The van der Waals surface area contributed by atoms with Gasteiger partial charge in [-0.2, -0.15) is 0 Å². The molecule has 0 bridgehead atoms. The van der Waals surface area contributed by atoms with Gasteiger partial charge in [0.25, 0.3) is 0 Å². The third kappa shape index (κ3) is 1.63. The molecule has 2 rings (SSSR count). The third-order valence-electron chi connectivity index (χ3n) is 2.26. The van der Waals surface area contributed by atoms with E-state index in [9.17, 15) is 4.79 Å². The molecule has 0 spiro atoms. The molecule has 0 amide bonds. The van der Waals surface area contributed by atoms with Crippen molar-refractivity contribution >= 4 is 28.2 Å². The number of hydrogen-bond acceptors (Lipinski definition) is 5. The minimum atomic E-state index is -0.509. The molecule has 5 nitrogen and oxygen atoms in total. The number of fused-ring (bicyclic) bond motifs is 1. The van der Waals surface area contributed by atoms with E-state index in [1.807, 2.05) is 0 Å². The van der Waals surface area contributed by atoms with Crippen molar-refractivity contribution in [1.82, 2.24) is 4.98 Å². The predicted molar refractivity (Wildman–Crippen MR) is 61.9 cm³/mol. The summed E-state index contributed by atoms with van der Waals surface area (Å²) >= 11 is 0. The number of methoxy groups -OCH3 is 1. The van der Waals surface area contributed by atoms with Gasteiger partial charge in [0.05, 0.1) is 12.6 Å². The van der Waals surface area contributed by atoms with Crippen molar-refractivity contribution < 1.29 is 9.53 Å². The summed E-state index contributed by atoms with van der Waals surface area (Å²) in [5.74, 6) is -0.509. The van der Waals surface area contributed by atoms with Crippen LogP contribution >= 0.6 is 0 Å². The smallest absolute Gasteiger partial charge is 0.356 e. The molecule has 82 valence electrons. The largest absolute Gasteiger partial charge is 0.464 e. The normalized spacial score (nSPS) is 10.3. The number of nitrogens with zero attached hydrogens (tertiary/aromatic N) is 1. The number of carbonyl (C=O) groups excluding carboxylic acids is 1. The Morgan fingerprint density at radius 2 is 2.06 bits per heavy atom. The monoisotopic (exact) mass is 217 g/mol. The minimum absolute atomic E-state index is 0.192. The van der Waals surface area contributed by atoms with Gasteiger partial charge in [0.15, 0.2) is 5.69 Å². The zero-order chi connectivity index (χ0) is 11.7. The van der Waals surface area contributed by atoms with Gasteiger partial charge in [-0.3, -0.25) is 0 Å². The molecule has 1 heterocycles. The number of hydrogen-bond donors (Lipinski definition) is 2. The lowest BCUT2D eigenvalue weighted by atomic mass is 10.1. The number of benzene rings is 1. The Morgan fingerprint density at radius 3 is 2.75 bits per heavy atom. The molecule has 0 aliphatic heterocycles. The molecule has 0 aliphatic carbocycles. The Hall–Kier alpha value is -2.30. The average Bonchev–Trinajstić information content (AvgIpc) is 2.28. The van der Waals surface area contributed by atoms with Gasteiger partial charge in [0, 0.05) is 16.8 Å². The van der Waals surface area contributed by atoms with Gasteiger partial charge in [-0.1, -0.05) is 0 Å². The van der Waals surface area contributed by atoms with Gasteiger partial charge in [-0.05, 0) is 24.3 Å². The first-order valence-electron chi connectivity index (χ1n) is 4.66. The second-order valence-electron chi connectivity index (χ2n) is 3.36. The molecule has 1 aromatic carbocycles. The number of rotatable bonds is 1. The van der Waals surface area contributed by atoms with Crippen molar-refractivity contribution in [2.45, 2.75) is 0 Å². The number of nitrogen functional groups attached to an aromatic ring is 2. The number of anilines is 2. The van der Waals surface area contributed by atoms with Crippen LogP contribution in [0, 0.1) is 0 Å². The molecular formula is C11H11N3O2. The fraction of sp³-hybridized carbons (Fsp3) is 0.0909. The number of ether oxygens (including phenoxy) is 1. The SMILES string of the molecule is COC(=O)c1cc(N)c2cc(N)ccc2n1. The van der Waals surface area contributed by atoms with Crippen LogP contribution in [-0.4, -0.2) is 18.1 Å². The zero-order valence-electron chi connectivity index (χ0n) is 8.73.